The summed E-state index contributed by atoms with van der Waals surface area (Å²) in [5, 5.41) is 11.6. The van der Waals surface area contributed by atoms with Crippen molar-refractivity contribution in [3.63, 3.8) is 0 Å². The number of carbonyl (C=O) groups excluding carboxylic acids is 4. The monoisotopic (exact) mass is 531 g/mol. The largest absolute Gasteiger partial charge is 0.467 e. The van der Waals surface area contributed by atoms with Crippen molar-refractivity contribution < 1.29 is 38.5 Å². The van der Waals surface area contributed by atoms with Crippen LogP contribution in [0.4, 0.5) is 0 Å². The zero-order valence-corrected chi connectivity index (χ0v) is 21.6. The average molecular weight is 532 g/mol. The van der Waals surface area contributed by atoms with E-state index in [1.165, 1.54) is 6.92 Å². The molecule has 9 nitrogen and oxygen atoms in total. The molecule has 1 amide bonds. The second-order valence-corrected chi connectivity index (χ2v) is 9.38. The van der Waals surface area contributed by atoms with Gasteiger partial charge < -0.3 is 19.3 Å². The van der Waals surface area contributed by atoms with E-state index in [2.05, 4.69) is 0 Å². The van der Waals surface area contributed by atoms with Crippen molar-refractivity contribution in [2.45, 2.75) is 43.7 Å². The molecular formula is C30H29NO8. The molecule has 4 rings (SSSR count). The molecule has 3 aromatic carbocycles. The predicted octanol–water partition coefficient (Wildman–Crippen LogP) is 3.11. The van der Waals surface area contributed by atoms with Crippen LogP contribution < -0.4 is 0 Å². The summed E-state index contributed by atoms with van der Waals surface area (Å²) < 4.78 is 16.1. The Morgan fingerprint density at radius 3 is 1.69 bits per heavy atom. The van der Waals surface area contributed by atoms with E-state index in [-0.39, 0.29) is 18.8 Å². The van der Waals surface area contributed by atoms with E-state index in [1.54, 1.807) is 91.0 Å². The Hall–Kier alpha value is -4.50. The lowest BCUT2D eigenvalue weighted by Gasteiger charge is -2.42. The highest BCUT2D eigenvalue weighted by Crippen LogP contribution is 2.46. The van der Waals surface area contributed by atoms with E-state index in [9.17, 15) is 24.3 Å². The number of carbonyl (C=O) groups is 4. The Morgan fingerprint density at radius 2 is 1.26 bits per heavy atom. The molecule has 0 aromatic heterocycles. The summed E-state index contributed by atoms with van der Waals surface area (Å²) in [7, 11) is 1.13. The van der Waals surface area contributed by atoms with Crippen LogP contribution in [-0.4, -0.2) is 52.1 Å². The first-order valence-corrected chi connectivity index (χ1v) is 12.3. The van der Waals surface area contributed by atoms with Crippen LogP contribution in [0.5, 0.6) is 0 Å². The molecule has 1 aliphatic heterocycles. The molecular weight excluding hydrogens is 502 g/mol. The number of benzene rings is 3. The number of aliphatic hydroxyl groups is 1. The summed E-state index contributed by atoms with van der Waals surface area (Å²) in [6.07, 6.45) is -0.645. The van der Waals surface area contributed by atoms with Crippen molar-refractivity contribution in [3.05, 3.63) is 108 Å². The van der Waals surface area contributed by atoms with Gasteiger partial charge in [0.1, 0.15) is 18.8 Å². The van der Waals surface area contributed by atoms with E-state index in [1.807, 2.05) is 0 Å². The molecule has 1 heterocycles. The van der Waals surface area contributed by atoms with Crippen molar-refractivity contribution in [3.8, 4) is 0 Å². The normalized spacial score (nSPS) is 18.7. The topological polar surface area (TPSA) is 119 Å². The molecule has 2 atom stereocenters. The maximum absolute atomic E-state index is 14.0. The number of nitrogens with zero attached hydrogens (tertiary/aromatic N) is 1. The van der Waals surface area contributed by atoms with Crippen LogP contribution >= 0.6 is 0 Å². The molecule has 2 unspecified atom stereocenters. The number of hydrogen-bond acceptors (Lipinski definition) is 8. The molecule has 3 aromatic rings. The number of methoxy groups -OCH3 is 1. The number of likely N-dealkylation sites (tertiary alicyclic amines) is 1. The van der Waals surface area contributed by atoms with Crippen molar-refractivity contribution in [2.75, 3.05) is 7.11 Å². The van der Waals surface area contributed by atoms with Gasteiger partial charge in [-0.2, -0.15) is 0 Å². The van der Waals surface area contributed by atoms with Gasteiger partial charge in [-0.15, -0.1) is 0 Å². The van der Waals surface area contributed by atoms with Gasteiger partial charge in [0.2, 0.25) is 5.91 Å². The highest BCUT2D eigenvalue weighted by Gasteiger charge is 2.73. The van der Waals surface area contributed by atoms with E-state index >= 15 is 0 Å². The van der Waals surface area contributed by atoms with E-state index in [4.69, 9.17) is 14.2 Å². The first-order chi connectivity index (χ1) is 18.7. The van der Waals surface area contributed by atoms with Crippen molar-refractivity contribution in [1.82, 2.24) is 4.90 Å². The predicted molar refractivity (Wildman–Crippen MR) is 138 cm³/mol. The summed E-state index contributed by atoms with van der Waals surface area (Å²) in [6, 6.07) is 23.9. The maximum Gasteiger partial charge on any atom is 0.347 e. The Labute approximate surface area is 225 Å². The third-order valence-electron chi connectivity index (χ3n) is 6.72. The number of ether oxygens (including phenoxy) is 3. The lowest BCUT2D eigenvalue weighted by atomic mass is 9.80. The molecule has 0 radical (unpaired) electrons. The summed E-state index contributed by atoms with van der Waals surface area (Å²) in [5.41, 5.74) is -3.52. The zero-order chi connectivity index (χ0) is 28.0. The van der Waals surface area contributed by atoms with Crippen LogP contribution in [0.3, 0.4) is 0 Å². The highest BCUT2D eigenvalue weighted by atomic mass is 16.6. The SMILES string of the molecule is COC(=O)C(c1ccccc1)N1C(=O)CC(C)(O)C1(C(=O)OCc1ccccc1)C(=O)OCc1ccccc1. The Bertz CT molecular complexity index is 1270. The van der Waals surface area contributed by atoms with E-state index in [0.29, 0.717) is 11.1 Å². The number of esters is 3. The molecule has 1 fully saturated rings. The Kier molecular flexibility index (Phi) is 8.11. The molecule has 1 aliphatic rings. The molecule has 1 N–H and O–H groups in total. The minimum Gasteiger partial charge on any atom is -0.467 e. The number of amides is 1. The third kappa shape index (κ3) is 5.26. The molecule has 1 saturated heterocycles. The lowest BCUT2D eigenvalue weighted by molar-refractivity contribution is -0.194. The number of rotatable bonds is 9. The molecule has 0 saturated carbocycles. The maximum atomic E-state index is 14.0. The van der Waals surface area contributed by atoms with Crippen molar-refractivity contribution in [1.29, 1.82) is 0 Å². The lowest BCUT2D eigenvalue weighted by Crippen LogP contribution is -2.69. The summed E-state index contributed by atoms with van der Waals surface area (Å²) in [4.78, 5) is 55.4. The quantitative estimate of drug-likeness (QED) is 0.254. The van der Waals surface area contributed by atoms with Gasteiger partial charge in [0.15, 0.2) is 6.04 Å². The first-order valence-electron chi connectivity index (χ1n) is 12.3. The molecule has 0 aliphatic carbocycles. The van der Waals surface area contributed by atoms with Crippen LogP contribution in [0.2, 0.25) is 0 Å². The number of hydrogen-bond donors (Lipinski definition) is 1. The van der Waals surface area contributed by atoms with Gasteiger partial charge in [0.05, 0.1) is 13.5 Å². The van der Waals surface area contributed by atoms with E-state index in [0.717, 1.165) is 12.0 Å². The van der Waals surface area contributed by atoms with Crippen LogP contribution in [-0.2, 0) is 46.6 Å². The second-order valence-electron chi connectivity index (χ2n) is 9.38. The van der Waals surface area contributed by atoms with Crippen LogP contribution in [0.1, 0.15) is 36.1 Å². The third-order valence-corrected chi connectivity index (χ3v) is 6.72. The Balaban J connectivity index is 1.83. The smallest absolute Gasteiger partial charge is 0.347 e. The van der Waals surface area contributed by atoms with Gasteiger partial charge in [0.25, 0.3) is 5.54 Å². The summed E-state index contributed by atoms with van der Waals surface area (Å²) >= 11 is 0. The van der Waals surface area contributed by atoms with Crippen LogP contribution in [0, 0.1) is 0 Å². The highest BCUT2D eigenvalue weighted by molar-refractivity contribution is 6.13. The van der Waals surface area contributed by atoms with E-state index < -0.39 is 47.4 Å². The fourth-order valence-electron chi connectivity index (χ4n) is 4.80. The zero-order valence-electron chi connectivity index (χ0n) is 21.6. The molecule has 39 heavy (non-hydrogen) atoms. The summed E-state index contributed by atoms with van der Waals surface area (Å²) in [6.45, 7) is 0.678. The molecule has 0 spiro atoms. The Morgan fingerprint density at radius 1 is 0.821 bits per heavy atom. The molecule has 0 bridgehead atoms. The van der Waals surface area contributed by atoms with Crippen molar-refractivity contribution in [2.24, 2.45) is 0 Å². The minimum atomic E-state index is -2.72. The van der Waals surface area contributed by atoms with Gasteiger partial charge in [0, 0.05) is 0 Å². The van der Waals surface area contributed by atoms with Gasteiger partial charge in [-0.1, -0.05) is 91.0 Å². The van der Waals surface area contributed by atoms with Crippen LogP contribution in [0.15, 0.2) is 91.0 Å². The second kappa shape index (κ2) is 11.5. The average Bonchev–Trinajstić information content (AvgIpc) is 3.17. The first kappa shape index (κ1) is 27.5. The minimum absolute atomic E-state index is 0.250. The summed E-state index contributed by atoms with van der Waals surface area (Å²) in [5.74, 6) is -4.20. The molecule has 9 heteroatoms. The fourth-order valence-corrected chi connectivity index (χ4v) is 4.80. The van der Waals surface area contributed by atoms with Crippen molar-refractivity contribution >= 4 is 23.8 Å². The molecule has 202 valence electrons. The fraction of sp³-hybridized carbons (Fsp3) is 0.267. The standard InChI is InChI=1S/C30H29NO8/c1-29(36)18-24(32)31(25(26(33)37-2)23-16-10-5-11-17-23)30(29,27(34)38-19-21-12-6-3-7-13-21)28(35)39-20-22-14-8-4-9-15-22/h3-17,25,36H,18-20H2,1-2H3. The van der Waals surface area contributed by atoms with Gasteiger partial charge in [-0.3, -0.25) is 9.69 Å². The van der Waals surface area contributed by atoms with Crippen LogP contribution in [0.25, 0.3) is 0 Å². The van der Waals surface area contributed by atoms with Gasteiger partial charge >= 0.3 is 17.9 Å². The van der Waals surface area contributed by atoms with Gasteiger partial charge in [-0.25, -0.2) is 14.4 Å². The van der Waals surface area contributed by atoms with Gasteiger partial charge in [-0.05, 0) is 23.6 Å².